The molecule has 2 rings (SSSR count). The van der Waals surface area contributed by atoms with E-state index < -0.39 is 6.09 Å². The third-order valence-electron chi connectivity index (χ3n) is 2.93. The average molecular weight is 285 g/mol. The number of nitrogens with zero attached hydrogens (tertiary/aromatic N) is 2. The van der Waals surface area contributed by atoms with Crippen LogP contribution >= 0.6 is 0 Å². The Morgan fingerprint density at radius 3 is 2.95 bits per heavy atom. The highest BCUT2D eigenvalue weighted by atomic mass is 16.5. The van der Waals surface area contributed by atoms with Gasteiger partial charge in [-0.25, -0.2) is 9.78 Å². The van der Waals surface area contributed by atoms with E-state index in [2.05, 4.69) is 17.2 Å². The van der Waals surface area contributed by atoms with Crippen LogP contribution in [0.25, 0.3) is 6.08 Å². The van der Waals surface area contributed by atoms with Crippen LogP contribution in [0.1, 0.15) is 18.3 Å². The van der Waals surface area contributed by atoms with Crippen LogP contribution in [-0.2, 0) is 17.9 Å². The number of alkyl carbamates (subject to hydrolysis) is 1. The first-order chi connectivity index (χ1) is 10.3. The van der Waals surface area contributed by atoms with Crippen LogP contribution in [0.2, 0.25) is 0 Å². The van der Waals surface area contributed by atoms with Crippen molar-refractivity contribution in [1.82, 2.24) is 14.9 Å². The molecule has 2 aromatic rings. The number of hydrogen-bond acceptors (Lipinski definition) is 3. The number of nitrogens with one attached hydrogen (secondary N) is 1. The molecule has 1 heterocycles. The van der Waals surface area contributed by atoms with E-state index in [0.717, 1.165) is 17.9 Å². The number of aryl methyl sites for hydroxylation is 1. The normalized spacial score (nSPS) is 10.7. The van der Waals surface area contributed by atoms with Crippen molar-refractivity contribution in [3.63, 3.8) is 0 Å². The lowest BCUT2D eigenvalue weighted by Crippen LogP contribution is -2.24. The van der Waals surface area contributed by atoms with Gasteiger partial charge in [0.2, 0.25) is 0 Å². The topological polar surface area (TPSA) is 56.2 Å². The molecule has 21 heavy (non-hydrogen) atoms. The zero-order chi connectivity index (χ0) is 14.9. The summed E-state index contributed by atoms with van der Waals surface area (Å²) in [5, 5.41) is 2.67. The molecule has 0 aliphatic carbocycles. The van der Waals surface area contributed by atoms with Gasteiger partial charge in [0.15, 0.2) is 0 Å². The summed E-state index contributed by atoms with van der Waals surface area (Å²) in [5.74, 6) is 0.872. The molecule has 5 heteroatoms. The summed E-state index contributed by atoms with van der Waals surface area (Å²) < 4.78 is 7.12. The van der Waals surface area contributed by atoms with Crippen molar-refractivity contribution in [3.8, 4) is 0 Å². The number of rotatable bonds is 6. The number of ether oxygens (including phenoxy) is 1. The van der Waals surface area contributed by atoms with Crippen LogP contribution in [-0.4, -0.2) is 22.2 Å². The first kappa shape index (κ1) is 14.8. The van der Waals surface area contributed by atoms with Gasteiger partial charge in [0.05, 0.1) is 0 Å². The molecule has 0 saturated heterocycles. The fraction of sp³-hybridized carbons (Fsp3) is 0.250. The van der Waals surface area contributed by atoms with E-state index in [-0.39, 0.29) is 6.61 Å². The van der Waals surface area contributed by atoms with E-state index >= 15 is 0 Å². The number of carbonyl (C=O) groups is 1. The Morgan fingerprint density at radius 1 is 1.38 bits per heavy atom. The van der Waals surface area contributed by atoms with Gasteiger partial charge in [-0.3, -0.25) is 0 Å². The van der Waals surface area contributed by atoms with Crippen LogP contribution in [0.4, 0.5) is 4.79 Å². The van der Waals surface area contributed by atoms with Crippen molar-refractivity contribution in [1.29, 1.82) is 0 Å². The quantitative estimate of drug-likeness (QED) is 0.888. The second-order valence-corrected chi connectivity index (χ2v) is 4.42. The molecular weight excluding hydrogens is 266 g/mol. The highest BCUT2D eigenvalue weighted by molar-refractivity contribution is 5.67. The van der Waals surface area contributed by atoms with E-state index in [1.165, 1.54) is 0 Å². The minimum absolute atomic E-state index is 0.274. The molecule has 110 valence electrons. The summed E-state index contributed by atoms with van der Waals surface area (Å²) >= 11 is 0. The molecule has 0 bridgehead atoms. The summed E-state index contributed by atoms with van der Waals surface area (Å²) in [7, 11) is 0. The summed E-state index contributed by atoms with van der Waals surface area (Å²) in [6, 6.07) is 9.58. The van der Waals surface area contributed by atoms with Gasteiger partial charge in [-0.1, -0.05) is 36.4 Å². The van der Waals surface area contributed by atoms with Crippen molar-refractivity contribution in [2.75, 3.05) is 6.54 Å². The van der Waals surface area contributed by atoms with E-state index in [9.17, 15) is 4.79 Å². The predicted octanol–water partition coefficient (Wildman–Crippen LogP) is 2.84. The maximum atomic E-state index is 11.5. The number of imidazole rings is 1. The van der Waals surface area contributed by atoms with Crippen LogP contribution in [0, 0.1) is 0 Å². The Kier molecular flexibility index (Phi) is 5.58. The lowest BCUT2D eigenvalue weighted by atomic mass is 10.2. The summed E-state index contributed by atoms with van der Waals surface area (Å²) in [4.78, 5) is 15.7. The lowest BCUT2D eigenvalue weighted by molar-refractivity contribution is 0.141. The second kappa shape index (κ2) is 7.89. The van der Waals surface area contributed by atoms with Crippen LogP contribution in [0.3, 0.4) is 0 Å². The molecule has 5 nitrogen and oxygen atoms in total. The molecule has 1 aromatic carbocycles. The lowest BCUT2D eigenvalue weighted by Gasteiger charge is -2.05. The fourth-order valence-corrected chi connectivity index (χ4v) is 1.83. The van der Waals surface area contributed by atoms with Gasteiger partial charge >= 0.3 is 6.09 Å². The molecule has 0 radical (unpaired) electrons. The monoisotopic (exact) mass is 285 g/mol. The Bertz CT molecular complexity index is 591. The van der Waals surface area contributed by atoms with E-state index in [4.69, 9.17) is 4.74 Å². The Morgan fingerprint density at radius 2 is 2.19 bits per heavy atom. The zero-order valence-corrected chi connectivity index (χ0v) is 12.0. The van der Waals surface area contributed by atoms with Gasteiger partial charge < -0.3 is 14.6 Å². The number of amides is 1. The molecule has 0 fully saturated rings. The first-order valence-electron chi connectivity index (χ1n) is 6.92. The van der Waals surface area contributed by atoms with Gasteiger partial charge in [-0.05, 0) is 18.6 Å². The van der Waals surface area contributed by atoms with Crippen LogP contribution in [0.15, 0.2) is 48.8 Å². The Hall–Kier alpha value is -2.56. The Balaban J connectivity index is 1.70. The molecule has 0 atom stereocenters. The standard InChI is InChI=1S/C16H19N3O2/c1-2-19-12-11-17-15(19)9-6-10-18-16(20)21-13-14-7-4-3-5-8-14/h3-9,11-12H,2,10,13H2,1H3,(H,18,20). The zero-order valence-electron chi connectivity index (χ0n) is 12.0. The number of benzene rings is 1. The Labute approximate surface area is 124 Å². The number of carbonyl (C=O) groups excluding carboxylic acids is 1. The second-order valence-electron chi connectivity index (χ2n) is 4.42. The van der Waals surface area contributed by atoms with Gasteiger partial charge in [0.1, 0.15) is 12.4 Å². The van der Waals surface area contributed by atoms with Gasteiger partial charge in [0, 0.05) is 25.5 Å². The summed E-state index contributed by atoms with van der Waals surface area (Å²) in [6.45, 7) is 3.60. The number of aromatic nitrogens is 2. The van der Waals surface area contributed by atoms with Crippen molar-refractivity contribution in [2.24, 2.45) is 0 Å². The van der Waals surface area contributed by atoms with E-state index in [1.807, 2.05) is 53.2 Å². The van der Waals surface area contributed by atoms with Crippen LogP contribution < -0.4 is 5.32 Å². The highest BCUT2D eigenvalue weighted by Crippen LogP contribution is 2.01. The smallest absolute Gasteiger partial charge is 0.407 e. The molecule has 0 saturated carbocycles. The molecule has 1 amide bonds. The predicted molar refractivity (Wildman–Crippen MR) is 81.6 cm³/mol. The van der Waals surface area contributed by atoms with Crippen molar-refractivity contribution >= 4 is 12.2 Å². The minimum Gasteiger partial charge on any atom is -0.445 e. The van der Waals surface area contributed by atoms with Crippen LogP contribution in [0.5, 0.6) is 0 Å². The third kappa shape index (κ3) is 4.80. The summed E-state index contributed by atoms with van der Waals surface area (Å²) in [5.41, 5.74) is 0.966. The van der Waals surface area contributed by atoms with Crippen molar-refractivity contribution < 1.29 is 9.53 Å². The van der Waals surface area contributed by atoms with Gasteiger partial charge in [-0.2, -0.15) is 0 Å². The van der Waals surface area contributed by atoms with Gasteiger partial charge in [0.25, 0.3) is 0 Å². The molecule has 0 spiro atoms. The maximum Gasteiger partial charge on any atom is 0.407 e. The molecular formula is C16H19N3O2. The highest BCUT2D eigenvalue weighted by Gasteiger charge is 2.00. The molecule has 0 aliphatic heterocycles. The molecule has 0 aliphatic rings. The molecule has 1 N–H and O–H groups in total. The third-order valence-corrected chi connectivity index (χ3v) is 2.93. The van der Waals surface area contributed by atoms with Gasteiger partial charge in [-0.15, -0.1) is 0 Å². The first-order valence-corrected chi connectivity index (χ1v) is 6.92. The molecule has 1 aromatic heterocycles. The fourth-order valence-electron chi connectivity index (χ4n) is 1.83. The van der Waals surface area contributed by atoms with E-state index in [0.29, 0.717) is 6.54 Å². The van der Waals surface area contributed by atoms with Crippen molar-refractivity contribution in [2.45, 2.75) is 20.1 Å². The summed E-state index contributed by atoms with van der Waals surface area (Å²) in [6.07, 6.45) is 6.97. The maximum absolute atomic E-state index is 11.5. The molecule has 0 unspecified atom stereocenters. The van der Waals surface area contributed by atoms with Crippen molar-refractivity contribution in [3.05, 3.63) is 60.2 Å². The SMILES string of the molecule is CCn1ccnc1C=CCNC(=O)OCc1ccccc1. The van der Waals surface area contributed by atoms with E-state index in [1.54, 1.807) is 6.20 Å². The largest absolute Gasteiger partial charge is 0.445 e. The minimum atomic E-state index is -0.428. The number of hydrogen-bond donors (Lipinski definition) is 1. The average Bonchev–Trinajstić information content (AvgIpc) is 2.98.